The standard InChI is InChI=1S/C28H22O3S4/c1-14-6-9-20-22(11-14)17(4)33-25(20)28-24-13-18(35(29,30)31)7-10-21(24)26(34-28)27-23-12-15(2)5-8-19(23)16(3)32-27/h5-13H,1-4H3,(H,29,30,31)/p-1. The van der Waals surface area contributed by atoms with Crippen molar-refractivity contribution >= 4 is 76.4 Å². The highest BCUT2D eigenvalue weighted by molar-refractivity contribution is 7.85. The highest BCUT2D eigenvalue weighted by Crippen LogP contribution is 2.52. The van der Waals surface area contributed by atoms with Crippen LogP contribution in [0.3, 0.4) is 0 Å². The number of benzene rings is 3. The third-order valence-electron chi connectivity index (χ3n) is 6.49. The molecule has 7 heteroatoms. The predicted octanol–water partition coefficient (Wildman–Crippen LogP) is 8.80. The van der Waals surface area contributed by atoms with Crippen molar-refractivity contribution in [2.24, 2.45) is 0 Å². The van der Waals surface area contributed by atoms with Crippen LogP contribution in [0.2, 0.25) is 0 Å². The number of rotatable bonds is 3. The minimum atomic E-state index is -4.57. The summed E-state index contributed by atoms with van der Waals surface area (Å²) >= 11 is 5.18. The first-order chi connectivity index (χ1) is 16.6. The molecule has 0 aliphatic rings. The number of thiophene rings is 3. The van der Waals surface area contributed by atoms with Crippen LogP contribution in [0, 0.1) is 27.7 Å². The smallest absolute Gasteiger partial charge is 0.124 e. The molecule has 3 aromatic carbocycles. The van der Waals surface area contributed by atoms with Crippen LogP contribution < -0.4 is 0 Å². The molecule has 3 aromatic heterocycles. The van der Waals surface area contributed by atoms with E-state index in [1.807, 2.05) is 0 Å². The maximum atomic E-state index is 11.9. The second kappa shape index (κ2) is 7.98. The Morgan fingerprint density at radius 1 is 0.543 bits per heavy atom. The molecule has 0 bridgehead atoms. The zero-order chi connectivity index (χ0) is 24.6. The fourth-order valence-corrected chi connectivity index (χ4v) is 9.10. The normalized spacial score (nSPS) is 12.4. The van der Waals surface area contributed by atoms with Gasteiger partial charge in [0.1, 0.15) is 10.1 Å². The number of hydrogen-bond acceptors (Lipinski definition) is 6. The summed E-state index contributed by atoms with van der Waals surface area (Å²) in [4.78, 5) is 6.73. The average molecular weight is 534 g/mol. The fourth-order valence-electron chi connectivity index (χ4n) is 4.78. The summed E-state index contributed by atoms with van der Waals surface area (Å²) in [5.74, 6) is 0. The van der Waals surface area contributed by atoms with E-state index in [0.29, 0.717) is 0 Å². The highest BCUT2D eigenvalue weighted by atomic mass is 32.2. The lowest BCUT2D eigenvalue weighted by atomic mass is 10.0. The fraction of sp³-hybridized carbons (Fsp3) is 0.143. The molecule has 6 rings (SSSR count). The van der Waals surface area contributed by atoms with Crippen molar-refractivity contribution in [3.8, 4) is 19.5 Å². The van der Waals surface area contributed by atoms with Crippen molar-refractivity contribution in [2.75, 3.05) is 0 Å². The molecular formula is C28H21O3S4-. The Morgan fingerprint density at radius 2 is 1.00 bits per heavy atom. The Kier molecular flexibility index (Phi) is 5.22. The van der Waals surface area contributed by atoms with Gasteiger partial charge >= 0.3 is 0 Å². The SMILES string of the molecule is Cc1ccc2c(-c3sc(-c4sc(C)c5ccc(C)cc45)c4ccc(S(=O)(=O)[O-])cc34)sc(C)c2c1. The molecule has 3 nitrogen and oxygen atoms in total. The van der Waals surface area contributed by atoms with E-state index in [2.05, 4.69) is 64.1 Å². The van der Waals surface area contributed by atoms with Gasteiger partial charge in [-0.25, -0.2) is 8.42 Å². The summed E-state index contributed by atoms with van der Waals surface area (Å²) in [5, 5.41) is 6.63. The van der Waals surface area contributed by atoms with Crippen molar-refractivity contribution in [3.05, 3.63) is 75.5 Å². The van der Waals surface area contributed by atoms with E-state index in [1.54, 1.807) is 46.1 Å². The van der Waals surface area contributed by atoms with Crippen LogP contribution in [0.4, 0.5) is 0 Å². The van der Waals surface area contributed by atoms with E-state index in [9.17, 15) is 13.0 Å². The molecular weight excluding hydrogens is 513 g/mol. The first-order valence-electron chi connectivity index (χ1n) is 11.1. The van der Waals surface area contributed by atoms with Crippen molar-refractivity contribution in [1.82, 2.24) is 0 Å². The molecule has 0 aliphatic heterocycles. The first kappa shape index (κ1) is 22.9. The van der Waals surface area contributed by atoms with Gasteiger partial charge in [-0.3, -0.25) is 0 Å². The van der Waals surface area contributed by atoms with E-state index in [1.165, 1.54) is 48.0 Å². The van der Waals surface area contributed by atoms with Crippen molar-refractivity contribution < 1.29 is 13.0 Å². The Bertz CT molecular complexity index is 1920. The number of hydrogen-bond donors (Lipinski definition) is 0. The van der Waals surface area contributed by atoms with Gasteiger partial charge in [0.2, 0.25) is 0 Å². The second-order valence-corrected chi connectivity index (χ2v) is 13.8. The number of fused-ring (bicyclic) bond motifs is 3. The van der Waals surface area contributed by atoms with Gasteiger partial charge in [0, 0.05) is 31.3 Å². The van der Waals surface area contributed by atoms with E-state index in [4.69, 9.17) is 0 Å². The molecule has 3 heterocycles. The first-order valence-corrected chi connectivity index (χ1v) is 15.0. The number of aryl methyl sites for hydroxylation is 4. The topological polar surface area (TPSA) is 57.2 Å². The lowest BCUT2D eigenvalue weighted by molar-refractivity contribution is 0.463. The Morgan fingerprint density at radius 3 is 1.69 bits per heavy atom. The van der Waals surface area contributed by atoms with Crippen LogP contribution in [0.15, 0.2) is 59.5 Å². The zero-order valence-electron chi connectivity index (χ0n) is 19.6. The summed E-state index contributed by atoms with van der Waals surface area (Å²) in [6.07, 6.45) is 0. The summed E-state index contributed by atoms with van der Waals surface area (Å²) in [6.45, 7) is 8.46. The van der Waals surface area contributed by atoms with Crippen LogP contribution in [-0.4, -0.2) is 13.0 Å². The minimum Gasteiger partial charge on any atom is -0.744 e. The summed E-state index contributed by atoms with van der Waals surface area (Å²) in [7, 11) is -4.57. The summed E-state index contributed by atoms with van der Waals surface area (Å²) < 4.78 is 35.8. The second-order valence-electron chi connectivity index (χ2n) is 8.99. The van der Waals surface area contributed by atoms with Gasteiger partial charge in [0.15, 0.2) is 0 Å². The van der Waals surface area contributed by atoms with Gasteiger partial charge in [-0.15, -0.1) is 34.0 Å². The van der Waals surface area contributed by atoms with Crippen molar-refractivity contribution in [3.63, 3.8) is 0 Å². The van der Waals surface area contributed by atoms with Gasteiger partial charge in [-0.2, -0.15) is 0 Å². The maximum absolute atomic E-state index is 11.9. The quantitative estimate of drug-likeness (QED) is 0.214. The molecule has 0 spiro atoms. The van der Waals surface area contributed by atoms with Gasteiger partial charge < -0.3 is 4.55 Å². The lowest BCUT2D eigenvalue weighted by Gasteiger charge is -2.07. The minimum absolute atomic E-state index is 0.188. The molecule has 0 radical (unpaired) electrons. The van der Waals surface area contributed by atoms with Crippen LogP contribution in [-0.2, 0) is 10.1 Å². The van der Waals surface area contributed by atoms with Gasteiger partial charge in [-0.1, -0.05) is 47.5 Å². The van der Waals surface area contributed by atoms with Crippen LogP contribution in [0.5, 0.6) is 0 Å². The largest absolute Gasteiger partial charge is 0.744 e. The zero-order valence-corrected chi connectivity index (χ0v) is 22.8. The third kappa shape index (κ3) is 3.65. The monoisotopic (exact) mass is 533 g/mol. The molecule has 0 atom stereocenters. The van der Waals surface area contributed by atoms with E-state index < -0.39 is 10.1 Å². The maximum Gasteiger partial charge on any atom is 0.124 e. The molecule has 35 heavy (non-hydrogen) atoms. The van der Waals surface area contributed by atoms with Gasteiger partial charge in [0.25, 0.3) is 0 Å². The average Bonchev–Trinajstić information content (AvgIpc) is 3.44. The third-order valence-corrected chi connectivity index (χ3v) is 11.1. The van der Waals surface area contributed by atoms with E-state index in [-0.39, 0.29) is 4.90 Å². The lowest BCUT2D eigenvalue weighted by Crippen LogP contribution is -1.97. The molecule has 0 unspecified atom stereocenters. The predicted molar refractivity (Wildman–Crippen MR) is 150 cm³/mol. The van der Waals surface area contributed by atoms with Crippen molar-refractivity contribution in [1.29, 1.82) is 0 Å². The van der Waals surface area contributed by atoms with Gasteiger partial charge in [-0.05, 0) is 56.7 Å². The molecule has 0 fully saturated rings. The molecule has 176 valence electrons. The van der Waals surface area contributed by atoms with E-state index >= 15 is 0 Å². The molecule has 0 amide bonds. The van der Waals surface area contributed by atoms with Crippen LogP contribution in [0.1, 0.15) is 20.9 Å². The summed E-state index contributed by atoms with van der Waals surface area (Å²) in [5.41, 5.74) is 2.41. The van der Waals surface area contributed by atoms with E-state index in [0.717, 1.165) is 30.8 Å². The Hall–Kier alpha value is -2.55. The highest BCUT2D eigenvalue weighted by Gasteiger charge is 2.22. The molecule has 6 aromatic rings. The summed E-state index contributed by atoms with van der Waals surface area (Å²) in [6, 6.07) is 17.8. The molecule has 0 N–H and O–H groups in total. The molecule has 0 saturated carbocycles. The van der Waals surface area contributed by atoms with Crippen LogP contribution >= 0.6 is 34.0 Å². The Labute approximate surface area is 216 Å². The van der Waals surface area contributed by atoms with Gasteiger partial charge in [0.05, 0.1) is 24.4 Å². The van der Waals surface area contributed by atoms with Crippen molar-refractivity contribution in [2.45, 2.75) is 32.6 Å². The molecule has 0 aliphatic carbocycles. The Balaban J connectivity index is 1.73. The molecule has 0 saturated heterocycles. The van der Waals surface area contributed by atoms with Crippen LogP contribution in [0.25, 0.3) is 51.8 Å².